The van der Waals surface area contributed by atoms with E-state index in [1.54, 1.807) is 0 Å². The average Bonchev–Trinajstić information content (AvgIpc) is 2.57. The van der Waals surface area contributed by atoms with Crippen LogP contribution in [0.1, 0.15) is 15.9 Å². The third-order valence-electron chi connectivity index (χ3n) is 3.82. The van der Waals surface area contributed by atoms with E-state index in [1.165, 1.54) is 0 Å². The maximum atomic E-state index is 12.2. The van der Waals surface area contributed by atoms with Crippen LogP contribution in [0.25, 0.3) is 0 Å². The van der Waals surface area contributed by atoms with Crippen molar-refractivity contribution in [3.63, 3.8) is 0 Å². The first-order chi connectivity index (χ1) is 10.7. The first kappa shape index (κ1) is 14.6. The van der Waals surface area contributed by atoms with Gasteiger partial charge in [0.1, 0.15) is 0 Å². The van der Waals surface area contributed by atoms with E-state index in [-0.39, 0.29) is 5.91 Å². The Kier molecular flexibility index (Phi) is 4.39. The average molecular weight is 296 g/mol. The lowest BCUT2D eigenvalue weighted by atomic mass is 10.1. The Hall–Kier alpha value is -2.33. The summed E-state index contributed by atoms with van der Waals surface area (Å²) in [6.45, 7) is 5.37. The van der Waals surface area contributed by atoms with Crippen molar-refractivity contribution >= 4 is 17.3 Å². The van der Waals surface area contributed by atoms with Crippen LogP contribution in [0.5, 0.6) is 0 Å². The number of aryl methyl sites for hydroxylation is 1. The summed E-state index contributed by atoms with van der Waals surface area (Å²) < 4.78 is 5.36. The number of carbonyl (C=O) groups is 1. The second-order valence-electron chi connectivity index (χ2n) is 5.47. The van der Waals surface area contributed by atoms with Crippen molar-refractivity contribution < 1.29 is 9.53 Å². The fourth-order valence-electron chi connectivity index (χ4n) is 2.49. The second-order valence-corrected chi connectivity index (χ2v) is 5.47. The maximum absolute atomic E-state index is 12.2. The summed E-state index contributed by atoms with van der Waals surface area (Å²) >= 11 is 0. The zero-order valence-electron chi connectivity index (χ0n) is 12.7. The molecule has 1 N–H and O–H groups in total. The van der Waals surface area contributed by atoms with E-state index in [2.05, 4.69) is 10.2 Å². The Balaban J connectivity index is 1.65. The number of amides is 1. The Morgan fingerprint density at radius 3 is 2.27 bits per heavy atom. The van der Waals surface area contributed by atoms with Gasteiger partial charge in [0.2, 0.25) is 0 Å². The number of benzene rings is 2. The van der Waals surface area contributed by atoms with E-state index in [1.807, 2.05) is 55.5 Å². The normalized spacial score (nSPS) is 14.7. The molecule has 0 spiro atoms. The molecule has 0 bridgehead atoms. The van der Waals surface area contributed by atoms with Crippen LogP contribution in [-0.4, -0.2) is 32.2 Å². The standard InChI is InChI=1S/C18H20N2O2/c1-14-2-4-15(5-3-14)18(21)19-16-6-8-17(9-7-16)20-10-12-22-13-11-20/h2-9H,10-13H2,1H3,(H,19,21). The molecular formula is C18H20N2O2. The topological polar surface area (TPSA) is 41.6 Å². The fourth-order valence-corrected chi connectivity index (χ4v) is 2.49. The van der Waals surface area contributed by atoms with Crippen LogP contribution in [0.4, 0.5) is 11.4 Å². The summed E-state index contributed by atoms with van der Waals surface area (Å²) in [7, 11) is 0. The molecule has 0 unspecified atom stereocenters. The lowest BCUT2D eigenvalue weighted by molar-refractivity contribution is 0.102. The number of carbonyl (C=O) groups excluding carboxylic acids is 1. The van der Waals surface area contributed by atoms with Gasteiger partial charge in [-0.2, -0.15) is 0 Å². The van der Waals surface area contributed by atoms with Gasteiger partial charge in [0.25, 0.3) is 5.91 Å². The second kappa shape index (κ2) is 6.62. The molecule has 1 heterocycles. The first-order valence-corrected chi connectivity index (χ1v) is 7.53. The van der Waals surface area contributed by atoms with Crippen LogP contribution in [0.2, 0.25) is 0 Å². The number of ether oxygens (including phenoxy) is 1. The molecule has 1 amide bonds. The molecule has 3 rings (SSSR count). The molecule has 0 saturated carbocycles. The highest BCUT2D eigenvalue weighted by Crippen LogP contribution is 2.19. The van der Waals surface area contributed by atoms with Crippen molar-refractivity contribution in [1.29, 1.82) is 0 Å². The first-order valence-electron chi connectivity index (χ1n) is 7.53. The monoisotopic (exact) mass is 296 g/mol. The summed E-state index contributed by atoms with van der Waals surface area (Å²) in [6, 6.07) is 15.5. The number of hydrogen-bond acceptors (Lipinski definition) is 3. The van der Waals surface area contributed by atoms with E-state index in [0.717, 1.165) is 43.2 Å². The van der Waals surface area contributed by atoms with Gasteiger partial charge < -0.3 is 15.0 Å². The minimum absolute atomic E-state index is 0.0841. The van der Waals surface area contributed by atoms with E-state index in [9.17, 15) is 4.79 Å². The van der Waals surface area contributed by atoms with Gasteiger partial charge >= 0.3 is 0 Å². The lowest BCUT2D eigenvalue weighted by Crippen LogP contribution is -2.36. The maximum Gasteiger partial charge on any atom is 0.255 e. The molecule has 0 atom stereocenters. The van der Waals surface area contributed by atoms with Crippen LogP contribution in [-0.2, 0) is 4.74 Å². The summed E-state index contributed by atoms with van der Waals surface area (Å²) in [5.74, 6) is -0.0841. The number of rotatable bonds is 3. The highest BCUT2D eigenvalue weighted by molar-refractivity contribution is 6.04. The molecule has 1 saturated heterocycles. The highest BCUT2D eigenvalue weighted by Gasteiger charge is 2.11. The molecule has 1 aliphatic rings. The minimum atomic E-state index is -0.0841. The molecule has 0 radical (unpaired) electrons. The Labute approximate surface area is 130 Å². The zero-order chi connectivity index (χ0) is 15.4. The SMILES string of the molecule is Cc1ccc(C(=O)Nc2ccc(N3CCOCC3)cc2)cc1. The Morgan fingerprint density at radius 1 is 1.00 bits per heavy atom. The number of morpholine rings is 1. The van der Waals surface area contributed by atoms with Crippen LogP contribution in [0.15, 0.2) is 48.5 Å². The van der Waals surface area contributed by atoms with Crippen LogP contribution < -0.4 is 10.2 Å². The molecule has 22 heavy (non-hydrogen) atoms. The summed E-state index contributed by atoms with van der Waals surface area (Å²) in [6.07, 6.45) is 0. The van der Waals surface area contributed by atoms with Crippen molar-refractivity contribution in [3.05, 3.63) is 59.7 Å². The molecule has 2 aromatic carbocycles. The van der Waals surface area contributed by atoms with Gasteiger partial charge in [0.05, 0.1) is 13.2 Å². The third-order valence-corrected chi connectivity index (χ3v) is 3.82. The van der Waals surface area contributed by atoms with Crippen molar-refractivity contribution in [2.75, 3.05) is 36.5 Å². The fraction of sp³-hybridized carbons (Fsp3) is 0.278. The number of hydrogen-bond donors (Lipinski definition) is 1. The van der Waals surface area contributed by atoms with Crippen molar-refractivity contribution in [3.8, 4) is 0 Å². The lowest BCUT2D eigenvalue weighted by Gasteiger charge is -2.28. The van der Waals surface area contributed by atoms with E-state index >= 15 is 0 Å². The van der Waals surface area contributed by atoms with Gasteiger partial charge in [-0.25, -0.2) is 0 Å². The largest absolute Gasteiger partial charge is 0.378 e. The molecule has 4 heteroatoms. The third kappa shape index (κ3) is 3.46. The Morgan fingerprint density at radius 2 is 1.64 bits per heavy atom. The highest BCUT2D eigenvalue weighted by atomic mass is 16.5. The molecule has 2 aromatic rings. The molecule has 0 aromatic heterocycles. The van der Waals surface area contributed by atoms with Gasteiger partial charge in [-0.3, -0.25) is 4.79 Å². The van der Waals surface area contributed by atoms with E-state index in [4.69, 9.17) is 4.74 Å². The number of anilines is 2. The molecule has 4 nitrogen and oxygen atoms in total. The van der Waals surface area contributed by atoms with Crippen molar-refractivity contribution in [2.24, 2.45) is 0 Å². The summed E-state index contributed by atoms with van der Waals surface area (Å²) in [4.78, 5) is 14.5. The predicted octanol–water partition coefficient (Wildman–Crippen LogP) is 3.08. The van der Waals surface area contributed by atoms with Crippen molar-refractivity contribution in [2.45, 2.75) is 6.92 Å². The molecule has 0 aliphatic carbocycles. The van der Waals surface area contributed by atoms with E-state index in [0.29, 0.717) is 5.56 Å². The van der Waals surface area contributed by atoms with Crippen LogP contribution >= 0.6 is 0 Å². The summed E-state index contributed by atoms with van der Waals surface area (Å²) in [5.41, 5.74) is 3.79. The minimum Gasteiger partial charge on any atom is -0.378 e. The van der Waals surface area contributed by atoms with Crippen molar-refractivity contribution in [1.82, 2.24) is 0 Å². The van der Waals surface area contributed by atoms with Crippen LogP contribution in [0, 0.1) is 6.92 Å². The summed E-state index contributed by atoms with van der Waals surface area (Å²) in [5, 5.41) is 2.93. The molecular weight excluding hydrogens is 276 g/mol. The zero-order valence-corrected chi connectivity index (χ0v) is 12.7. The molecule has 114 valence electrons. The quantitative estimate of drug-likeness (QED) is 0.946. The number of nitrogens with zero attached hydrogens (tertiary/aromatic N) is 1. The Bertz CT molecular complexity index is 629. The van der Waals surface area contributed by atoms with Gasteiger partial charge in [-0.15, -0.1) is 0 Å². The van der Waals surface area contributed by atoms with Gasteiger partial charge in [0, 0.05) is 30.0 Å². The van der Waals surface area contributed by atoms with Gasteiger partial charge in [0.15, 0.2) is 0 Å². The molecule has 1 aliphatic heterocycles. The predicted molar refractivity (Wildman–Crippen MR) is 88.6 cm³/mol. The van der Waals surface area contributed by atoms with Gasteiger partial charge in [-0.05, 0) is 43.3 Å². The number of nitrogens with one attached hydrogen (secondary N) is 1. The van der Waals surface area contributed by atoms with Gasteiger partial charge in [-0.1, -0.05) is 17.7 Å². The smallest absolute Gasteiger partial charge is 0.255 e. The molecule has 1 fully saturated rings. The van der Waals surface area contributed by atoms with E-state index < -0.39 is 0 Å². The van der Waals surface area contributed by atoms with Crippen LogP contribution in [0.3, 0.4) is 0 Å².